The van der Waals surface area contributed by atoms with Gasteiger partial charge in [0.1, 0.15) is 17.7 Å². The summed E-state index contributed by atoms with van der Waals surface area (Å²) in [6, 6.07) is 4.16. The van der Waals surface area contributed by atoms with Gasteiger partial charge in [0, 0.05) is 13.6 Å². The maximum Gasteiger partial charge on any atom is 0.290 e. The maximum atomic E-state index is 5.81. The first-order chi connectivity index (χ1) is 9.31. The molecule has 0 bridgehead atoms. The highest BCUT2D eigenvalue weighted by atomic mass is 16.5. The Morgan fingerprint density at radius 1 is 1.53 bits per heavy atom. The molecule has 19 heavy (non-hydrogen) atoms. The Morgan fingerprint density at radius 2 is 2.42 bits per heavy atom. The number of anilines is 1. The summed E-state index contributed by atoms with van der Waals surface area (Å²) in [6.45, 7) is 1.92. The summed E-state index contributed by atoms with van der Waals surface area (Å²) >= 11 is 0. The zero-order chi connectivity index (χ0) is 13.5. The number of nitrogens with one attached hydrogen (secondary N) is 2. The Morgan fingerprint density at radius 3 is 3.00 bits per heavy atom. The van der Waals surface area contributed by atoms with Gasteiger partial charge < -0.3 is 14.8 Å². The number of ether oxygens (including phenoxy) is 2. The van der Waals surface area contributed by atoms with Gasteiger partial charge in [-0.1, -0.05) is 0 Å². The summed E-state index contributed by atoms with van der Waals surface area (Å²) in [6.07, 6.45) is 3.99. The lowest BCUT2D eigenvalue weighted by molar-refractivity contribution is 0.154. The van der Waals surface area contributed by atoms with E-state index in [4.69, 9.17) is 9.47 Å². The third-order valence-corrected chi connectivity index (χ3v) is 2.94. The highest BCUT2D eigenvalue weighted by Crippen LogP contribution is 2.12. The van der Waals surface area contributed by atoms with E-state index in [1.807, 2.05) is 12.1 Å². The van der Waals surface area contributed by atoms with Crippen molar-refractivity contribution in [3.8, 4) is 5.75 Å². The first-order valence-electron chi connectivity index (χ1n) is 6.43. The monoisotopic (exact) mass is 264 g/mol. The Labute approximate surface area is 113 Å². The van der Waals surface area contributed by atoms with Gasteiger partial charge in [0.05, 0.1) is 13.3 Å². The van der Waals surface area contributed by atoms with Gasteiger partial charge >= 0.3 is 0 Å². The minimum atomic E-state index is 0.165. The third kappa shape index (κ3) is 4.10. The lowest BCUT2D eigenvalue weighted by Gasteiger charge is -2.24. The number of amidine groups is 1. The molecule has 0 spiro atoms. The molecular formula is C13H20N4O2. The SMILES string of the molecule is CN=C(Nc1ccc(OC)cn1)OC1CCCNC1. The number of hydrogen-bond donors (Lipinski definition) is 2. The third-order valence-electron chi connectivity index (χ3n) is 2.94. The van der Waals surface area contributed by atoms with Gasteiger partial charge in [0.25, 0.3) is 6.02 Å². The summed E-state index contributed by atoms with van der Waals surface area (Å²) in [7, 11) is 3.31. The van der Waals surface area contributed by atoms with Crippen LogP contribution in [-0.4, -0.2) is 44.4 Å². The number of rotatable bonds is 3. The van der Waals surface area contributed by atoms with Crippen LogP contribution in [0.4, 0.5) is 5.82 Å². The molecule has 1 aliphatic heterocycles. The number of aromatic nitrogens is 1. The fraction of sp³-hybridized carbons (Fsp3) is 0.538. The number of pyridine rings is 1. The van der Waals surface area contributed by atoms with Gasteiger partial charge in [-0.25, -0.2) is 9.98 Å². The molecule has 0 saturated carbocycles. The first kappa shape index (κ1) is 13.6. The van der Waals surface area contributed by atoms with Crippen molar-refractivity contribution in [2.45, 2.75) is 18.9 Å². The fourth-order valence-electron chi connectivity index (χ4n) is 1.90. The maximum absolute atomic E-state index is 5.81. The number of methoxy groups -OCH3 is 1. The molecule has 0 amide bonds. The van der Waals surface area contributed by atoms with Crippen molar-refractivity contribution in [2.24, 2.45) is 4.99 Å². The molecule has 1 fully saturated rings. The van der Waals surface area contributed by atoms with Crippen molar-refractivity contribution in [2.75, 3.05) is 32.6 Å². The fourth-order valence-corrected chi connectivity index (χ4v) is 1.90. The van der Waals surface area contributed by atoms with E-state index in [1.54, 1.807) is 20.4 Å². The van der Waals surface area contributed by atoms with Crippen molar-refractivity contribution >= 4 is 11.8 Å². The van der Waals surface area contributed by atoms with Gasteiger partial charge in [-0.2, -0.15) is 0 Å². The molecule has 1 atom stereocenters. The Kier molecular flexibility index (Phi) is 4.97. The Hall–Kier alpha value is -1.82. The van der Waals surface area contributed by atoms with Gasteiger partial charge in [-0.05, 0) is 31.5 Å². The quantitative estimate of drug-likeness (QED) is 0.635. The molecule has 0 aliphatic carbocycles. The molecule has 1 saturated heterocycles. The van der Waals surface area contributed by atoms with E-state index in [1.165, 1.54) is 0 Å². The minimum Gasteiger partial charge on any atom is -0.495 e. The van der Waals surface area contributed by atoms with E-state index in [0.29, 0.717) is 11.8 Å². The van der Waals surface area contributed by atoms with Crippen LogP contribution in [0.15, 0.2) is 23.3 Å². The van der Waals surface area contributed by atoms with Crippen LogP contribution < -0.4 is 15.4 Å². The van der Waals surface area contributed by atoms with Gasteiger partial charge in [0.2, 0.25) is 0 Å². The van der Waals surface area contributed by atoms with Crippen LogP contribution in [0, 0.1) is 0 Å². The highest BCUT2D eigenvalue weighted by molar-refractivity contribution is 5.88. The molecule has 6 nitrogen and oxygen atoms in total. The van der Waals surface area contributed by atoms with Gasteiger partial charge in [-0.3, -0.25) is 5.32 Å². The summed E-state index contributed by atoms with van der Waals surface area (Å²) in [4.78, 5) is 8.32. The molecule has 6 heteroatoms. The molecular weight excluding hydrogens is 244 g/mol. The van der Waals surface area contributed by atoms with Gasteiger partial charge in [0.15, 0.2) is 0 Å². The zero-order valence-electron chi connectivity index (χ0n) is 11.3. The van der Waals surface area contributed by atoms with Crippen LogP contribution in [-0.2, 0) is 4.74 Å². The molecule has 0 aromatic carbocycles. The molecule has 1 aliphatic rings. The lowest BCUT2D eigenvalue weighted by atomic mass is 10.1. The summed E-state index contributed by atoms with van der Waals surface area (Å²) < 4.78 is 10.9. The van der Waals surface area contributed by atoms with E-state index in [0.717, 1.165) is 31.7 Å². The van der Waals surface area contributed by atoms with Crippen LogP contribution in [0.2, 0.25) is 0 Å². The van der Waals surface area contributed by atoms with Crippen LogP contribution in [0.5, 0.6) is 5.75 Å². The van der Waals surface area contributed by atoms with Crippen LogP contribution in [0.1, 0.15) is 12.8 Å². The summed E-state index contributed by atoms with van der Waals surface area (Å²) in [5, 5.41) is 6.36. The van der Waals surface area contributed by atoms with Crippen molar-refractivity contribution in [3.05, 3.63) is 18.3 Å². The molecule has 2 heterocycles. The largest absolute Gasteiger partial charge is 0.495 e. The van der Waals surface area contributed by atoms with Crippen molar-refractivity contribution in [1.82, 2.24) is 10.3 Å². The molecule has 2 rings (SSSR count). The summed E-state index contributed by atoms with van der Waals surface area (Å²) in [5.74, 6) is 1.41. The standard InChI is InChI=1S/C13H20N4O2/c1-14-13(19-11-4-3-7-15-8-11)17-12-6-5-10(18-2)9-16-12/h5-6,9,11,15H,3-4,7-8H2,1-2H3,(H,14,16,17). The van der Waals surface area contributed by atoms with E-state index < -0.39 is 0 Å². The van der Waals surface area contributed by atoms with Crippen molar-refractivity contribution in [3.63, 3.8) is 0 Å². The second-order valence-electron chi connectivity index (χ2n) is 4.32. The van der Waals surface area contributed by atoms with Crippen LogP contribution in [0.25, 0.3) is 0 Å². The molecule has 1 unspecified atom stereocenters. The average Bonchev–Trinajstić information content (AvgIpc) is 2.48. The zero-order valence-corrected chi connectivity index (χ0v) is 11.3. The predicted octanol–water partition coefficient (Wildman–Crippen LogP) is 1.26. The second kappa shape index (κ2) is 6.94. The second-order valence-corrected chi connectivity index (χ2v) is 4.32. The molecule has 104 valence electrons. The molecule has 0 radical (unpaired) electrons. The number of aliphatic imine (C=N–C) groups is 1. The summed E-state index contributed by atoms with van der Waals surface area (Å²) in [5.41, 5.74) is 0. The van der Waals surface area contributed by atoms with E-state index >= 15 is 0 Å². The smallest absolute Gasteiger partial charge is 0.290 e. The number of hydrogen-bond acceptors (Lipinski definition) is 5. The number of nitrogens with zero attached hydrogens (tertiary/aromatic N) is 2. The first-order valence-corrected chi connectivity index (χ1v) is 6.43. The van der Waals surface area contributed by atoms with Crippen LogP contribution in [0.3, 0.4) is 0 Å². The Balaban J connectivity index is 1.90. The number of piperidine rings is 1. The Bertz CT molecular complexity index is 413. The molecule has 1 aromatic heterocycles. The van der Waals surface area contributed by atoms with E-state index in [9.17, 15) is 0 Å². The highest BCUT2D eigenvalue weighted by Gasteiger charge is 2.16. The minimum absolute atomic E-state index is 0.165. The topological polar surface area (TPSA) is 67.8 Å². The predicted molar refractivity (Wildman–Crippen MR) is 74.7 cm³/mol. The molecule has 2 N–H and O–H groups in total. The average molecular weight is 264 g/mol. The van der Waals surface area contributed by atoms with Crippen molar-refractivity contribution in [1.29, 1.82) is 0 Å². The van der Waals surface area contributed by atoms with Gasteiger partial charge in [-0.15, -0.1) is 0 Å². The van der Waals surface area contributed by atoms with Crippen LogP contribution >= 0.6 is 0 Å². The van der Waals surface area contributed by atoms with E-state index in [-0.39, 0.29) is 6.10 Å². The lowest BCUT2D eigenvalue weighted by Crippen LogP contribution is -2.38. The molecule has 1 aromatic rings. The van der Waals surface area contributed by atoms with E-state index in [2.05, 4.69) is 20.6 Å². The normalized spacial score (nSPS) is 19.9. The van der Waals surface area contributed by atoms with Crippen molar-refractivity contribution < 1.29 is 9.47 Å².